The Bertz CT molecular complexity index is 1020. The van der Waals surface area contributed by atoms with Crippen molar-refractivity contribution in [3.8, 4) is 0 Å². The van der Waals surface area contributed by atoms with Gasteiger partial charge in [-0.15, -0.1) is 0 Å². The summed E-state index contributed by atoms with van der Waals surface area (Å²) in [7, 11) is -3.74. The van der Waals surface area contributed by atoms with Crippen LogP contribution in [0.1, 0.15) is 31.7 Å². The quantitative estimate of drug-likeness (QED) is 0.274. The van der Waals surface area contributed by atoms with Crippen molar-refractivity contribution in [3.63, 3.8) is 0 Å². The first-order valence-corrected chi connectivity index (χ1v) is 11.6. The Kier molecular flexibility index (Phi) is 10.2. The van der Waals surface area contributed by atoms with E-state index >= 15 is 0 Å². The fourth-order valence-corrected chi connectivity index (χ4v) is 4.00. The summed E-state index contributed by atoms with van der Waals surface area (Å²) >= 11 is 0. The summed E-state index contributed by atoms with van der Waals surface area (Å²) in [6, 6.07) is 6.22. The highest BCUT2D eigenvalue weighted by Crippen LogP contribution is 2.24. The molecule has 1 atom stereocenters. The number of allylic oxidation sites excluding steroid dienone is 1. The van der Waals surface area contributed by atoms with Gasteiger partial charge in [-0.2, -0.15) is 0 Å². The third-order valence-electron chi connectivity index (χ3n) is 4.75. The monoisotopic (exact) mass is 464 g/mol. The number of hydrogen-bond acceptors (Lipinski definition) is 7. The predicted octanol–water partition coefficient (Wildman–Crippen LogP) is 2.76. The lowest BCUT2D eigenvalue weighted by molar-refractivity contribution is -0.154. The third-order valence-corrected chi connectivity index (χ3v) is 6.51. The number of aliphatic carboxylic acids is 1. The van der Waals surface area contributed by atoms with Crippen LogP contribution in [-0.4, -0.2) is 48.9 Å². The zero-order chi connectivity index (χ0) is 24.5. The molecule has 0 saturated carbocycles. The molecular weight excluding hydrogens is 436 g/mol. The zero-order valence-corrected chi connectivity index (χ0v) is 19.0. The Labute approximate surface area is 187 Å². The normalized spacial score (nSPS) is 12.7. The molecule has 1 rings (SSSR count). The SMILES string of the molecule is C=C(CC)C(=O)OC(=O)C(=C)C(C=C(CCO)C(=O)O)CCS(=O)(=O)c1ccc(C)cc1. The van der Waals surface area contributed by atoms with E-state index in [0.29, 0.717) is 0 Å². The molecule has 0 fully saturated rings. The molecule has 1 aromatic rings. The van der Waals surface area contributed by atoms with Gasteiger partial charge < -0.3 is 14.9 Å². The number of ether oxygens (including phenoxy) is 1. The van der Waals surface area contributed by atoms with E-state index in [4.69, 9.17) is 9.84 Å². The molecule has 0 saturated heterocycles. The van der Waals surface area contributed by atoms with Crippen LogP contribution in [0.2, 0.25) is 0 Å². The Balaban J connectivity index is 3.18. The second-order valence-corrected chi connectivity index (χ2v) is 9.27. The minimum absolute atomic E-state index is 0.0618. The van der Waals surface area contributed by atoms with Crippen LogP contribution in [0, 0.1) is 12.8 Å². The number of esters is 2. The van der Waals surface area contributed by atoms with E-state index in [1.54, 1.807) is 19.1 Å². The highest BCUT2D eigenvalue weighted by Gasteiger charge is 2.26. The van der Waals surface area contributed by atoms with Gasteiger partial charge in [-0.1, -0.05) is 43.9 Å². The van der Waals surface area contributed by atoms with Crippen LogP contribution in [0.15, 0.2) is 65.1 Å². The number of carbonyl (C=O) groups excluding carboxylic acids is 2. The van der Waals surface area contributed by atoms with Crippen molar-refractivity contribution in [2.24, 2.45) is 5.92 Å². The van der Waals surface area contributed by atoms with Crippen molar-refractivity contribution >= 4 is 27.7 Å². The van der Waals surface area contributed by atoms with Crippen LogP contribution in [-0.2, 0) is 29.0 Å². The van der Waals surface area contributed by atoms with Crippen molar-refractivity contribution in [1.82, 2.24) is 0 Å². The van der Waals surface area contributed by atoms with E-state index < -0.39 is 46.0 Å². The third kappa shape index (κ3) is 7.90. The lowest BCUT2D eigenvalue weighted by Gasteiger charge is -2.16. The number of aliphatic hydroxyl groups is 1. The fraction of sp³-hybridized carbons (Fsp3) is 0.348. The summed E-state index contributed by atoms with van der Waals surface area (Å²) < 4.78 is 30.1. The summed E-state index contributed by atoms with van der Waals surface area (Å²) in [6.45, 7) is 10.1. The lowest BCUT2D eigenvalue weighted by atomic mass is 9.94. The molecule has 0 aliphatic heterocycles. The number of carbonyl (C=O) groups is 3. The Morgan fingerprint density at radius 2 is 1.72 bits per heavy atom. The molecule has 0 aliphatic rings. The lowest BCUT2D eigenvalue weighted by Crippen LogP contribution is -2.21. The van der Waals surface area contributed by atoms with E-state index in [2.05, 4.69) is 13.2 Å². The zero-order valence-electron chi connectivity index (χ0n) is 18.2. The van der Waals surface area contributed by atoms with Gasteiger partial charge in [0.15, 0.2) is 9.84 Å². The van der Waals surface area contributed by atoms with Crippen LogP contribution in [0.4, 0.5) is 0 Å². The molecule has 9 heteroatoms. The molecule has 32 heavy (non-hydrogen) atoms. The number of rotatable bonds is 12. The Morgan fingerprint density at radius 1 is 1.12 bits per heavy atom. The van der Waals surface area contributed by atoms with Crippen molar-refractivity contribution < 1.29 is 37.8 Å². The van der Waals surface area contributed by atoms with Gasteiger partial charge in [0.2, 0.25) is 0 Å². The topological polar surface area (TPSA) is 135 Å². The first kappa shape index (κ1) is 27.0. The molecule has 1 unspecified atom stereocenters. The maximum atomic E-state index is 12.7. The number of hydrogen-bond donors (Lipinski definition) is 2. The molecule has 0 spiro atoms. The maximum Gasteiger partial charge on any atom is 0.341 e. The second-order valence-electron chi connectivity index (χ2n) is 7.16. The average Bonchev–Trinajstić information content (AvgIpc) is 2.74. The van der Waals surface area contributed by atoms with E-state index in [-0.39, 0.29) is 40.9 Å². The van der Waals surface area contributed by atoms with Crippen molar-refractivity contribution in [2.45, 2.75) is 38.0 Å². The first-order valence-electron chi connectivity index (χ1n) is 9.90. The molecule has 0 amide bonds. The molecule has 0 bridgehead atoms. The van der Waals surface area contributed by atoms with Crippen LogP contribution in [0.5, 0.6) is 0 Å². The Morgan fingerprint density at radius 3 is 2.22 bits per heavy atom. The molecule has 174 valence electrons. The fourth-order valence-electron chi connectivity index (χ4n) is 2.65. The summed E-state index contributed by atoms with van der Waals surface area (Å²) in [5.41, 5.74) is 0.447. The van der Waals surface area contributed by atoms with Gasteiger partial charge in [0, 0.05) is 35.7 Å². The van der Waals surface area contributed by atoms with Gasteiger partial charge in [-0.05, 0) is 31.9 Å². The van der Waals surface area contributed by atoms with Gasteiger partial charge >= 0.3 is 17.9 Å². The van der Waals surface area contributed by atoms with E-state index in [0.717, 1.165) is 11.6 Å². The van der Waals surface area contributed by atoms with Crippen molar-refractivity contribution in [1.29, 1.82) is 0 Å². The summed E-state index contributed by atoms with van der Waals surface area (Å²) in [4.78, 5) is 35.8. The second kappa shape index (κ2) is 12.1. The van der Waals surface area contributed by atoms with Gasteiger partial charge in [0.05, 0.1) is 10.6 Å². The largest absolute Gasteiger partial charge is 0.478 e. The standard InChI is InChI=1S/C23H28O8S/c1-5-16(3)22(27)31-23(28)17(4)18(14-19(10-12-24)21(25)26)11-13-32(29,30)20-8-6-15(2)7-9-20/h6-9,14,18,24H,3-5,10-13H2,1-2H3,(H,25,26). The number of sulfone groups is 1. The van der Waals surface area contributed by atoms with E-state index in [9.17, 15) is 27.9 Å². The van der Waals surface area contributed by atoms with Gasteiger partial charge in [0.25, 0.3) is 0 Å². The van der Waals surface area contributed by atoms with Gasteiger partial charge in [0.1, 0.15) is 0 Å². The minimum Gasteiger partial charge on any atom is -0.478 e. The number of aryl methyl sites for hydroxylation is 1. The Hall–Kier alpha value is -3.04. The highest BCUT2D eigenvalue weighted by molar-refractivity contribution is 7.91. The van der Waals surface area contributed by atoms with Crippen molar-refractivity contribution in [2.75, 3.05) is 12.4 Å². The highest BCUT2D eigenvalue weighted by atomic mass is 32.2. The molecule has 2 N–H and O–H groups in total. The molecule has 8 nitrogen and oxygen atoms in total. The van der Waals surface area contributed by atoms with Gasteiger partial charge in [-0.3, -0.25) is 0 Å². The average molecular weight is 465 g/mol. The van der Waals surface area contributed by atoms with Gasteiger partial charge in [-0.25, -0.2) is 22.8 Å². The molecule has 0 aliphatic carbocycles. The molecule has 0 aromatic heterocycles. The molecule has 1 aromatic carbocycles. The summed E-state index contributed by atoms with van der Waals surface area (Å²) in [6.07, 6.45) is 1.02. The maximum absolute atomic E-state index is 12.7. The van der Waals surface area contributed by atoms with E-state index in [1.807, 2.05) is 6.92 Å². The summed E-state index contributed by atoms with van der Waals surface area (Å²) in [5, 5.41) is 18.5. The predicted molar refractivity (Wildman–Crippen MR) is 118 cm³/mol. The number of carboxylic acids is 1. The van der Waals surface area contributed by atoms with Crippen LogP contribution >= 0.6 is 0 Å². The van der Waals surface area contributed by atoms with Crippen LogP contribution < -0.4 is 0 Å². The first-order chi connectivity index (χ1) is 14.9. The number of benzene rings is 1. The van der Waals surface area contributed by atoms with E-state index in [1.165, 1.54) is 12.1 Å². The molecule has 0 heterocycles. The minimum atomic E-state index is -3.74. The number of aliphatic hydroxyl groups excluding tert-OH is 1. The van der Waals surface area contributed by atoms with Crippen LogP contribution in [0.3, 0.4) is 0 Å². The van der Waals surface area contributed by atoms with Crippen LogP contribution in [0.25, 0.3) is 0 Å². The number of carboxylic acid groups (broad SMARTS) is 1. The van der Waals surface area contributed by atoms with Crippen molar-refractivity contribution in [3.05, 3.63) is 65.8 Å². The molecule has 0 radical (unpaired) electrons. The summed E-state index contributed by atoms with van der Waals surface area (Å²) in [5.74, 6) is -4.84. The molecular formula is C23H28O8S. The smallest absolute Gasteiger partial charge is 0.341 e.